The van der Waals surface area contributed by atoms with Gasteiger partial charge >= 0.3 is 0 Å². The van der Waals surface area contributed by atoms with E-state index in [0.29, 0.717) is 13.2 Å². The zero-order valence-corrected chi connectivity index (χ0v) is 10.7. The van der Waals surface area contributed by atoms with Crippen molar-refractivity contribution in [2.75, 3.05) is 13.2 Å². The minimum atomic E-state index is 0.00429. The molecule has 5 nitrogen and oxygen atoms in total. The van der Waals surface area contributed by atoms with E-state index in [-0.39, 0.29) is 11.8 Å². The number of rotatable bonds is 3. The first kappa shape index (κ1) is 12.2. The number of amides is 1. The largest absolute Gasteiger partial charge is 0.381 e. The molecule has 0 aliphatic carbocycles. The Labute approximate surface area is 111 Å². The van der Waals surface area contributed by atoms with Crippen molar-refractivity contribution in [3.8, 4) is 0 Å². The lowest BCUT2D eigenvalue weighted by atomic mass is 10.0. The Hall–Kier alpha value is -1.88. The molecule has 1 aromatic heterocycles. The zero-order chi connectivity index (χ0) is 13.1. The topological polar surface area (TPSA) is 67.0 Å². The summed E-state index contributed by atoms with van der Waals surface area (Å²) in [6.07, 6.45) is 3.57. The standard InChI is InChI=1S/C14H17N3O2/c18-14(11-2-1-5-19-8-11)15-7-10-3-4-12-13(6-10)17-9-16-12/h3-4,6,9,11H,1-2,5,7-8H2,(H,15,18)(H,16,17). The van der Waals surface area contributed by atoms with Crippen LogP contribution in [0, 0.1) is 5.92 Å². The van der Waals surface area contributed by atoms with Crippen LogP contribution < -0.4 is 5.32 Å². The van der Waals surface area contributed by atoms with Gasteiger partial charge in [-0.15, -0.1) is 0 Å². The lowest BCUT2D eigenvalue weighted by Gasteiger charge is -2.21. The number of fused-ring (bicyclic) bond motifs is 1. The summed E-state index contributed by atoms with van der Waals surface area (Å²) >= 11 is 0. The highest BCUT2D eigenvalue weighted by atomic mass is 16.5. The van der Waals surface area contributed by atoms with Gasteiger partial charge in [-0.2, -0.15) is 0 Å². The van der Waals surface area contributed by atoms with Gasteiger partial charge < -0.3 is 15.0 Å². The summed E-state index contributed by atoms with van der Waals surface area (Å²) in [5.74, 6) is 0.0917. The summed E-state index contributed by atoms with van der Waals surface area (Å²) in [7, 11) is 0. The number of carbonyl (C=O) groups is 1. The van der Waals surface area contributed by atoms with Crippen LogP contribution >= 0.6 is 0 Å². The first-order chi connectivity index (χ1) is 9.33. The molecule has 1 unspecified atom stereocenters. The number of benzene rings is 1. The first-order valence-corrected chi connectivity index (χ1v) is 6.60. The van der Waals surface area contributed by atoms with Crippen molar-refractivity contribution in [1.29, 1.82) is 0 Å². The second-order valence-electron chi connectivity index (χ2n) is 4.89. The smallest absolute Gasteiger partial charge is 0.225 e. The summed E-state index contributed by atoms with van der Waals surface area (Å²) in [4.78, 5) is 19.2. The van der Waals surface area contributed by atoms with Crippen LogP contribution in [0.25, 0.3) is 11.0 Å². The fraction of sp³-hybridized carbons (Fsp3) is 0.429. The van der Waals surface area contributed by atoms with Crippen molar-refractivity contribution in [2.45, 2.75) is 19.4 Å². The molecule has 19 heavy (non-hydrogen) atoms. The highest BCUT2D eigenvalue weighted by Gasteiger charge is 2.21. The van der Waals surface area contributed by atoms with Crippen LogP contribution in [0.1, 0.15) is 18.4 Å². The molecule has 0 bridgehead atoms. The molecule has 1 amide bonds. The van der Waals surface area contributed by atoms with Gasteiger partial charge in [0, 0.05) is 13.2 Å². The molecule has 1 saturated heterocycles. The summed E-state index contributed by atoms with van der Waals surface area (Å²) in [5, 5.41) is 2.97. The number of hydrogen-bond acceptors (Lipinski definition) is 3. The van der Waals surface area contributed by atoms with Gasteiger partial charge in [0.2, 0.25) is 5.91 Å². The lowest BCUT2D eigenvalue weighted by molar-refractivity contribution is -0.129. The maximum absolute atomic E-state index is 12.0. The van der Waals surface area contributed by atoms with Crippen LogP contribution in [0.3, 0.4) is 0 Å². The second-order valence-corrected chi connectivity index (χ2v) is 4.89. The highest BCUT2D eigenvalue weighted by Crippen LogP contribution is 2.14. The third kappa shape index (κ3) is 2.76. The molecule has 0 saturated carbocycles. The van der Waals surface area contributed by atoms with Crippen LogP contribution in [0.4, 0.5) is 0 Å². The van der Waals surface area contributed by atoms with Crippen LogP contribution in [-0.4, -0.2) is 29.1 Å². The minimum Gasteiger partial charge on any atom is -0.381 e. The molecule has 2 aromatic rings. The molecule has 1 fully saturated rings. The van der Waals surface area contributed by atoms with Gasteiger partial charge in [-0.3, -0.25) is 4.79 Å². The third-order valence-corrected chi connectivity index (χ3v) is 3.48. The average Bonchev–Trinajstić information content (AvgIpc) is 2.93. The molecule has 1 atom stereocenters. The van der Waals surface area contributed by atoms with Crippen molar-refractivity contribution < 1.29 is 9.53 Å². The monoisotopic (exact) mass is 259 g/mol. The second kappa shape index (κ2) is 5.40. The van der Waals surface area contributed by atoms with Crippen LogP contribution in [0.2, 0.25) is 0 Å². The molecule has 1 aromatic carbocycles. The van der Waals surface area contributed by atoms with E-state index in [1.165, 1.54) is 0 Å². The molecular formula is C14H17N3O2. The molecule has 1 aliphatic heterocycles. The van der Waals surface area contributed by atoms with Gasteiger partial charge in [-0.1, -0.05) is 6.07 Å². The SMILES string of the molecule is O=C(NCc1ccc2nc[nH]c2c1)C1CCCOC1. The van der Waals surface area contributed by atoms with E-state index in [1.54, 1.807) is 6.33 Å². The number of nitrogens with one attached hydrogen (secondary N) is 2. The van der Waals surface area contributed by atoms with Gasteiger partial charge in [-0.25, -0.2) is 4.98 Å². The van der Waals surface area contributed by atoms with Crippen molar-refractivity contribution in [3.05, 3.63) is 30.1 Å². The summed E-state index contributed by atoms with van der Waals surface area (Å²) in [5.41, 5.74) is 3.00. The van der Waals surface area contributed by atoms with Crippen molar-refractivity contribution >= 4 is 16.9 Å². The number of H-pyrrole nitrogens is 1. The summed E-state index contributed by atoms with van der Waals surface area (Å²) < 4.78 is 5.33. The molecule has 3 rings (SSSR count). The summed E-state index contributed by atoms with van der Waals surface area (Å²) in [6, 6.07) is 5.96. The fourth-order valence-electron chi connectivity index (χ4n) is 2.37. The lowest BCUT2D eigenvalue weighted by Crippen LogP contribution is -2.35. The van der Waals surface area contributed by atoms with Gasteiger partial charge in [0.05, 0.1) is 29.9 Å². The zero-order valence-electron chi connectivity index (χ0n) is 10.7. The Bertz CT molecular complexity index is 573. The quantitative estimate of drug-likeness (QED) is 0.880. The minimum absolute atomic E-state index is 0.00429. The number of aromatic nitrogens is 2. The Morgan fingerprint density at radius 3 is 3.32 bits per heavy atom. The number of imidazole rings is 1. The number of hydrogen-bond donors (Lipinski definition) is 2. The maximum atomic E-state index is 12.0. The van der Waals surface area contributed by atoms with Gasteiger partial charge in [0.25, 0.3) is 0 Å². The van der Waals surface area contributed by atoms with E-state index in [4.69, 9.17) is 4.74 Å². The number of nitrogens with zero attached hydrogens (tertiary/aromatic N) is 1. The van der Waals surface area contributed by atoms with E-state index in [9.17, 15) is 4.79 Å². The molecule has 100 valence electrons. The third-order valence-electron chi connectivity index (χ3n) is 3.48. The number of carbonyl (C=O) groups excluding carboxylic acids is 1. The molecule has 0 spiro atoms. The van der Waals surface area contributed by atoms with Crippen LogP contribution in [0.5, 0.6) is 0 Å². The fourth-order valence-corrected chi connectivity index (χ4v) is 2.37. The Morgan fingerprint density at radius 2 is 2.47 bits per heavy atom. The van der Waals surface area contributed by atoms with E-state index in [2.05, 4.69) is 15.3 Å². The number of aromatic amines is 1. The van der Waals surface area contributed by atoms with Gasteiger partial charge in [0.1, 0.15) is 0 Å². The summed E-state index contributed by atoms with van der Waals surface area (Å²) in [6.45, 7) is 1.87. The predicted molar refractivity (Wildman–Crippen MR) is 71.5 cm³/mol. The van der Waals surface area contributed by atoms with E-state index >= 15 is 0 Å². The van der Waals surface area contributed by atoms with E-state index in [1.807, 2.05) is 18.2 Å². The predicted octanol–water partition coefficient (Wildman–Crippen LogP) is 1.61. The maximum Gasteiger partial charge on any atom is 0.225 e. The van der Waals surface area contributed by atoms with Crippen molar-refractivity contribution in [3.63, 3.8) is 0 Å². The molecular weight excluding hydrogens is 242 g/mol. The molecule has 5 heteroatoms. The van der Waals surface area contributed by atoms with Gasteiger partial charge in [0.15, 0.2) is 0 Å². The normalized spacial score (nSPS) is 19.5. The number of ether oxygens (including phenoxy) is 1. The van der Waals surface area contributed by atoms with E-state index in [0.717, 1.165) is 36.0 Å². The Balaban J connectivity index is 1.60. The van der Waals surface area contributed by atoms with E-state index < -0.39 is 0 Å². The van der Waals surface area contributed by atoms with Crippen LogP contribution in [0.15, 0.2) is 24.5 Å². The first-order valence-electron chi connectivity index (χ1n) is 6.60. The Morgan fingerprint density at radius 1 is 1.53 bits per heavy atom. The van der Waals surface area contributed by atoms with Crippen molar-refractivity contribution in [2.24, 2.45) is 5.92 Å². The molecule has 2 heterocycles. The Kier molecular flexibility index (Phi) is 3.46. The van der Waals surface area contributed by atoms with Crippen molar-refractivity contribution in [1.82, 2.24) is 15.3 Å². The van der Waals surface area contributed by atoms with Gasteiger partial charge in [-0.05, 0) is 30.5 Å². The highest BCUT2D eigenvalue weighted by molar-refractivity contribution is 5.79. The molecule has 1 aliphatic rings. The average molecular weight is 259 g/mol. The van der Waals surface area contributed by atoms with Crippen LogP contribution in [-0.2, 0) is 16.1 Å². The molecule has 2 N–H and O–H groups in total. The molecule has 0 radical (unpaired) electrons.